The van der Waals surface area contributed by atoms with Gasteiger partial charge in [-0.15, -0.1) is 0 Å². The predicted octanol–water partition coefficient (Wildman–Crippen LogP) is 2.24. The molecule has 0 spiro atoms. The van der Waals surface area contributed by atoms with Gasteiger partial charge in [0.2, 0.25) is 5.95 Å². The summed E-state index contributed by atoms with van der Waals surface area (Å²) in [6.45, 7) is 0.656. The minimum absolute atomic E-state index is 0.226. The van der Waals surface area contributed by atoms with Gasteiger partial charge in [-0.1, -0.05) is 0 Å². The lowest BCUT2D eigenvalue weighted by molar-refractivity contribution is 0.628. The summed E-state index contributed by atoms with van der Waals surface area (Å²) in [6.07, 6.45) is 1.84. The first-order chi connectivity index (χ1) is 8.58. The summed E-state index contributed by atoms with van der Waals surface area (Å²) in [5, 5.41) is 3.24. The monoisotopic (exact) mass is 248 g/mol. The standard InChI is InChI=1S/C13H17FN4/c1-17(2)13-16-9-12(18(13)3)8-15-11-6-4-10(14)5-7-11/h4-7,9,15H,8H2,1-3H3. The number of nitrogens with zero attached hydrogens (tertiary/aromatic N) is 3. The van der Waals surface area contributed by atoms with Gasteiger partial charge >= 0.3 is 0 Å². The summed E-state index contributed by atoms with van der Waals surface area (Å²) in [5.74, 6) is 0.682. The molecule has 0 amide bonds. The van der Waals surface area contributed by atoms with Crippen LogP contribution in [0, 0.1) is 5.82 Å². The Morgan fingerprint density at radius 2 is 1.94 bits per heavy atom. The van der Waals surface area contributed by atoms with Gasteiger partial charge in [-0.25, -0.2) is 9.37 Å². The van der Waals surface area contributed by atoms with E-state index < -0.39 is 0 Å². The summed E-state index contributed by atoms with van der Waals surface area (Å²) in [4.78, 5) is 6.29. The fourth-order valence-electron chi connectivity index (χ4n) is 1.77. The van der Waals surface area contributed by atoms with Crippen LogP contribution in [0.25, 0.3) is 0 Å². The molecule has 0 aliphatic rings. The minimum Gasteiger partial charge on any atom is -0.379 e. The van der Waals surface area contributed by atoms with Crippen LogP contribution in [-0.4, -0.2) is 23.6 Å². The van der Waals surface area contributed by atoms with E-state index in [0.717, 1.165) is 17.3 Å². The zero-order chi connectivity index (χ0) is 13.1. The molecule has 0 unspecified atom stereocenters. The second kappa shape index (κ2) is 5.08. The fraction of sp³-hybridized carbons (Fsp3) is 0.308. The number of rotatable bonds is 4. The maximum Gasteiger partial charge on any atom is 0.204 e. The minimum atomic E-state index is -0.226. The molecule has 0 fully saturated rings. The number of hydrogen-bond acceptors (Lipinski definition) is 3. The van der Waals surface area contributed by atoms with Crippen molar-refractivity contribution >= 4 is 11.6 Å². The van der Waals surface area contributed by atoms with Crippen LogP contribution < -0.4 is 10.2 Å². The topological polar surface area (TPSA) is 33.1 Å². The van der Waals surface area contributed by atoms with Crippen molar-refractivity contribution in [2.24, 2.45) is 7.05 Å². The Morgan fingerprint density at radius 3 is 2.50 bits per heavy atom. The van der Waals surface area contributed by atoms with E-state index in [1.807, 2.05) is 36.8 Å². The van der Waals surface area contributed by atoms with Crippen molar-refractivity contribution in [1.29, 1.82) is 0 Å². The third-order valence-electron chi connectivity index (χ3n) is 2.78. The quantitative estimate of drug-likeness (QED) is 0.900. The van der Waals surface area contributed by atoms with E-state index in [4.69, 9.17) is 0 Å². The molecular weight excluding hydrogens is 231 g/mol. The molecule has 0 saturated carbocycles. The lowest BCUT2D eigenvalue weighted by Gasteiger charge is -2.13. The molecule has 0 bridgehead atoms. The van der Waals surface area contributed by atoms with E-state index in [1.165, 1.54) is 12.1 Å². The molecule has 1 aromatic carbocycles. The molecule has 96 valence electrons. The SMILES string of the molecule is CN(C)c1ncc(CNc2ccc(F)cc2)n1C. The maximum atomic E-state index is 12.8. The summed E-state index contributed by atoms with van der Waals surface area (Å²) in [6, 6.07) is 6.32. The van der Waals surface area contributed by atoms with Crippen molar-refractivity contribution in [3.8, 4) is 0 Å². The highest BCUT2D eigenvalue weighted by atomic mass is 19.1. The van der Waals surface area contributed by atoms with Gasteiger partial charge in [0.1, 0.15) is 5.82 Å². The molecule has 0 atom stereocenters. The number of hydrogen-bond donors (Lipinski definition) is 1. The Hall–Kier alpha value is -2.04. The average Bonchev–Trinajstić information content (AvgIpc) is 2.70. The van der Waals surface area contributed by atoms with Crippen LogP contribution >= 0.6 is 0 Å². The zero-order valence-electron chi connectivity index (χ0n) is 10.8. The van der Waals surface area contributed by atoms with Crippen molar-refractivity contribution in [2.75, 3.05) is 24.3 Å². The van der Waals surface area contributed by atoms with E-state index >= 15 is 0 Å². The lowest BCUT2D eigenvalue weighted by atomic mass is 10.3. The number of nitrogens with one attached hydrogen (secondary N) is 1. The number of anilines is 2. The Balaban J connectivity index is 2.04. The van der Waals surface area contributed by atoms with Gasteiger partial charge in [-0.2, -0.15) is 0 Å². The Morgan fingerprint density at radius 1 is 1.28 bits per heavy atom. The Kier molecular flexibility index (Phi) is 3.50. The molecule has 2 rings (SSSR count). The van der Waals surface area contributed by atoms with Crippen LogP contribution in [0.1, 0.15) is 5.69 Å². The van der Waals surface area contributed by atoms with Gasteiger partial charge in [0.25, 0.3) is 0 Å². The molecule has 1 N–H and O–H groups in total. The van der Waals surface area contributed by atoms with Gasteiger partial charge in [0.05, 0.1) is 18.4 Å². The molecular formula is C13H17FN4. The molecule has 0 radical (unpaired) electrons. The smallest absolute Gasteiger partial charge is 0.204 e. The van der Waals surface area contributed by atoms with Crippen molar-refractivity contribution in [2.45, 2.75) is 6.54 Å². The van der Waals surface area contributed by atoms with Gasteiger partial charge in [0.15, 0.2) is 0 Å². The normalized spacial score (nSPS) is 10.4. The van der Waals surface area contributed by atoms with Crippen molar-refractivity contribution in [1.82, 2.24) is 9.55 Å². The predicted molar refractivity (Wildman–Crippen MR) is 71.3 cm³/mol. The lowest BCUT2D eigenvalue weighted by Crippen LogP contribution is -2.15. The number of imidazole rings is 1. The molecule has 2 aromatic rings. The van der Waals surface area contributed by atoms with Crippen LogP contribution in [0.5, 0.6) is 0 Å². The van der Waals surface area contributed by atoms with E-state index in [0.29, 0.717) is 6.54 Å². The first-order valence-electron chi connectivity index (χ1n) is 5.75. The van der Waals surface area contributed by atoms with Crippen molar-refractivity contribution in [3.63, 3.8) is 0 Å². The molecule has 1 heterocycles. The fourth-order valence-corrected chi connectivity index (χ4v) is 1.77. The third kappa shape index (κ3) is 2.61. The second-order valence-corrected chi connectivity index (χ2v) is 4.36. The van der Waals surface area contributed by atoms with Gasteiger partial charge in [-0.3, -0.25) is 0 Å². The highest BCUT2D eigenvalue weighted by Crippen LogP contribution is 2.14. The first kappa shape index (κ1) is 12.4. The van der Waals surface area contributed by atoms with Crippen LogP contribution in [0.4, 0.5) is 16.0 Å². The van der Waals surface area contributed by atoms with Crippen LogP contribution in [0.2, 0.25) is 0 Å². The summed E-state index contributed by atoms with van der Waals surface area (Å²) in [7, 11) is 5.89. The Bertz CT molecular complexity index is 516. The number of aromatic nitrogens is 2. The van der Waals surface area contributed by atoms with Crippen LogP contribution in [-0.2, 0) is 13.6 Å². The highest BCUT2D eigenvalue weighted by Gasteiger charge is 2.07. The molecule has 18 heavy (non-hydrogen) atoms. The molecule has 0 aliphatic carbocycles. The summed E-state index contributed by atoms with van der Waals surface area (Å²) < 4.78 is 14.8. The molecule has 0 aliphatic heterocycles. The summed E-state index contributed by atoms with van der Waals surface area (Å²) >= 11 is 0. The van der Waals surface area contributed by atoms with E-state index in [-0.39, 0.29) is 5.82 Å². The molecule has 1 aromatic heterocycles. The van der Waals surface area contributed by atoms with Gasteiger partial charge in [-0.05, 0) is 24.3 Å². The van der Waals surface area contributed by atoms with Gasteiger partial charge in [0, 0.05) is 26.8 Å². The molecule has 5 heteroatoms. The third-order valence-corrected chi connectivity index (χ3v) is 2.78. The van der Waals surface area contributed by atoms with E-state index in [9.17, 15) is 4.39 Å². The molecule has 4 nitrogen and oxygen atoms in total. The first-order valence-corrected chi connectivity index (χ1v) is 5.75. The van der Waals surface area contributed by atoms with E-state index in [1.54, 1.807) is 12.1 Å². The maximum absolute atomic E-state index is 12.8. The van der Waals surface area contributed by atoms with E-state index in [2.05, 4.69) is 10.3 Å². The van der Waals surface area contributed by atoms with Gasteiger partial charge < -0.3 is 14.8 Å². The van der Waals surface area contributed by atoms with Crippen molar-refractivity contribution in [3.05, 3.63) is 42.0 Å². The zero-order valence-corrected chi connectivity index (χ0v) is 10.8. The molecule has 0 saturated heterocycles. The van der Waals surface area contributed by atoms with Crippen molar-refractivity contribution < 1.29 is 4.39 Å². The Labute approximate surface area is 106 Å². The summed E-state index contributed by atoms with van der Waals surface area (Å²) in [5.41, 5.74) is 1.96. The number of benzene rings is 1. The van der Waals surface area contributed by atoms with Crippen LogP contribution in [0.15, 0.2) is 30.5 Å². The largest absolute Gasteiger partial charge is 0.379 e. The second-order valence-electron chi connectivity index (χ2n) is 4.36. The van der Waals surface area contributed by atoms with Crippen LogP contribution in [0.3, 0.4) is 0 Å². The highest BCUT2D eigenvalue weighted by molar-refractivity contribution is 5.43. The average molecular weight is 248 g/mol. The number of halogens is 1.